The highest BCUT2D eigenvalue weighted by Crippen LogP contribution is 2.29. The van der Waals surface area contributed by atoms with E-state index < -0.39 is 5.54 Å². The van der Waals surface area contributed by atoms with E-state index >= 15 is 0 Å². The van der Waals surface area contributed by atoms with E-state index in [9.17, 15) is 10.1 Å². The van der Waals surface area contributed by atoms with Crippen molar-refractivity contribution < 1.29 is 4.79 Å². The second-order valence-corrected chi connectivity index (χ2v) is 6.52. The molecule has 4 heteroatoms. The summed E-state index contributed by atoms with van der Waals surface area (Å²) >= 11 is 1.53. The minimum absolute atomic E-state index is 0.0431. The molecule has 1 fully saturated rings. The smallest absolute Gasteiger partial charge is 0.231 e. The number of rotatable bonds is 4. The molecule has 20 heavy (non-hydrogen) atoms. The molecule has 0 radical (unpaired) electrons. The lowest BCUT2D eigenvalue weighted by molar-refractivity contribution is -0.119. The lowest BCUT2D eigenvalue weighted by Crippen LogP contribution is -2.45. The van der Waals surface area contributed by atoms with Crippen LogP contribution in [0.15, 0.2) is 23.1 Å². The number of carbonyl (C=O) groups is 1. The Morgan fingerprint density at radius 3 is 2.70 bits per heavy atom. The summed E-state index contributed by atoms with van der Waals surface area (Å²) < 4.78 is 0. The largest absolute Gasteiger partial charge is 0.337 e. The van der Waals surface area contributed by atoms with E-state index in [2.05, 4.69) is 43.4 Å². The van der Waals surface area contributed by atoms with Crippen molar-refractivity contribution in [1.82, 2.24) is 5.32 Å². The predicted octanol–water partition coefficient (Wildman–Crippen LogP) is 3.35. The number of carbonyl (C=O) groups excluding carboxylic acids is 1. The van der Waals surface area contributed by atoms with Gasteiger partial charge in [-0.25, -0.2) is 0 Å². The number of benzene rings is 1. The highest BCUT2D eigenvalue weighted by molar-refractivity contribution is 8.00. The van der Waals surface area contributed by atoms with Gasteiger partial charge in [0.05, 0.1) is 11.8 Å². The van der Waals surface area contributed by atoms with E-state index in [-0.39, 0.29) is 5.91 Å². The van der Waals surface area contributed by atoms with Crippen LogP contribution in [0, 0.1) is 25.2 Å². The molecule has 1 saturated carbocycles. The Balaban J connectivity index is 1.91. The van der Waals surface area contributed by atoms with E-state index in [1.807, 2.05) is 0 Å². The Morgan fingerprint density at radius 1 is 1.40 bits per heavy atom. The first kappa shape index (κ1) is 14.9. The number of nitrogens with zero attached hydrogens (tertiary/aromatic N) is 1. The molecule has 0 bridgehead atoms. The third-order valence-corrected chi connectivity index (χ3v) is 4.91. The van der Waals surface area contributed by atoms with Crippen LogP contribution in [0.5, 0.6) is 0 Å². The van der Waals surface area contributed by atoms with Crippen LogP contribution >= 0.6 is 11.8 Å². The average molecular weight is 288 g/mol. The maximum Gasteiger partial charge on any atom is 0.231 e. The van der Waals surface area contributed by atoms with Crippen LogP contribution in [0.3, 0.4) is 0 Å². The lowest BCUT2D eigenvalue weighted by atomic mass is 10.0. The second kappa shape index (κ2) is 6.32. The van der Waals surface area contributed by atoms with Crippen molar-refractivity contribution in [3.8, 4) is 6.07 Å². The lowest BCUT2D eigenvalue weighted by Gasteiger charge is -2.21. The molecule has 2 rings (SSSR count). The predicted molar refractivity (Wildman–Crippen MR) is 81.6 cm³/mol. The molecule has 0 saturated heterocycles. The highest BCUT2D eigenvalue weighted by Gasteiger charge is 2.35. The van der Waals surface area contributed by atoms with Crippen molar-refractivity contribution in [2.24, 2.45) is 0 Å². The summed E-state index contributed by atoms with van der Waals surface area (Å²) in [6, 6.07) is 8.51. The summed E-state index contributed by atoms with van der Waals surface area (Å²) in [7, 11) is 0. The summed E-state index contributed by atoms with van der Waals surface area (Å²) in [5, 5.41) is 12.2. The van der Waals surface area contributed by atoms with Gasteiger partial charge in [0.15, 0.2) is 0 Å². The number of nitrogens with one attached hydrogen (secondary N) is 1. The van der Waals surface area contributed by atoms with Crippen LogP contribution in [0.1, 0.15) is 36.8 Å². The molecule has 0 aromatic heterocycles. The molecule has 0 spiro atoms. The molecule has 0 atom stereocenters. The molecular weight excluding hydrogens is 268 g/mol. The van der Waals surface area contributed by atoms with Crippen LogP contribution in [0.4, 0.5) is 0 Å². The summed E-state index contributed by atoms with van der Waals surface area (Å²) in [6.45, 7) is 4.12. The molecule has 1 aromatic rings. The SMILES string of the molecule is Cc1ccc(SCC(=O)NC2(C#N)CCCC2)c(C)c1. The van der Waals surface area contributed by atoms with Crippen LogP contribution in [-0.2, 0) is 4.79 Å². The molecule has 1 aromatic carbocycles. The fourth-order valence-corrected chi connectivity index (χ4v) is 3.46. The van der Waals surface area contributed by atoms with Crippen molar-refractivity contribution in [2.75, 3.05) is 5.75 Å². The van der Waals surface area contributed by atoms with E-state index in [0.717, 1.165) is 30.6 Å². The Hall–Kier alpha value is -1.47. The van der Waals surface area contributed by atoms with Crippen LogP contribution in [-0.4, -0.2) is 17.2 Å². The molecule has 1 aliphatic carbocycles. The molecule has 1 N–H and O–H groups in total. The van der Waals surface area contributed by atoms with Gasteiger partial charge in [-0.05, 0) is 51.2 Å². The number of nitriles is 1. The number of hydrogen-bond donors (Lipinski definition) is 1. The molecule has 0 heterocycles. The topological polar surface area (TPSA) is 52.9 Å². The third kappa shape index (κ3) is 3.55. The van der Waals surface area contributed by atoms with Crippen LogP contribution < -0.4 is 5.32 Å². The van der Waals surface area contributed by atoms with Crippen molar-refractivity contribution in [3.63, 3.8) is 0 Å². The van der Waals surface area contributed by atoms with E-state index in [4.69, 9.17) is 0 Å². The molecule has 0 aliphatic heterocycles. The minimum atomic E-state index is -0.611. The molecule has 1 amide bonds. The van der Waals surface area contributed by atoms with Gasteiger partial charge >= 0.3 is 0 Å². The molecule has 1 aliphatic rings. The Labute approximate surface area is 124 Å². The molecule has 0 unspecified atom stereocenters. The van der Waals surface area contributed by atoms with Crippen LogP contribution in [0.2, 0.25) is 0 Å². The zero-order valence-electron chi connectivity index (χ0n) is 12.0. The quantitative estimate of drug-likeness (QED) is 0.864. The Kier molecular flexibility index (Phi) is 4.72. The summed E-state index contributed by atoms with van der Waals surface area (Å²) in [5.41, 5.74) is 1.81. The van der Waals surface area contributed by atoms with Crippen LogP contribution in [0.25, 0.3) is 0 Å². The zero-order valence-corrected chi connectivity index (χ0v) is 12.8. The normalized spacial score (nSPS) is 16.6. The standard InChI is InChI=1S/C16H20N2OS/c1-12-5-6-14(13(2)9-12)20-10-15(19)18-16(11-17)7-3-4-8-16/h5-6,9H,3-4,7-8,10H2,1-2H3,(H,18,19). The molecule has 3 nitrogen and oxygen atoms in total. The molecular formula is C16H20N2OS. The fourth-order valence-electron chi connectivity index (χ4n) is 2.65. The van der Waals surface area contributed by atoms with E-state index in [1.54, 1.807) is 0 Å². The number of thioether (sulfide) groups is 1. The van der Waals surface area contributed by atoms with Gasteiger partial charge in [0, 0.05) is 4.90 Å². The molecule has 106 valence electrons. The van der Waals surface area contributed by atoms with Crippen molar-refractivity contribution in [2.45, 2.75) is 50.0 Å². The van der Waals surface area contributed by atoms with Gasteiger partial charge in [-0.1, -0.05) is 17.7 Å². The third-order valence-electron chi connectivity index (χ3n) is 3.74. The number of aryl methyl sites for hydroxylation is 2. The minimum Gasteiger partial charge on any atom is -0.337 e. The van der Waals surface area contributed by atoms with Crippen molar-refractivity contribution >= 4 is 17.7 Å². The van der Waals surface area contributed by atoms with Gasteiger partial charge in [0.1, 0.15) is 5.54 Å². The maximum atomic E-state index is 12.0. The number of hydrogen-bond acceptors (Lipinski definition) is 3. The Bertz CT molecular complexity index is 542. The zero-order chi connectivity index (χ0) is 14.6. The maximum absolute atomic E-state index is 12.0. The first-order valence-electron chi connectivity index (χ1n) is 6.97. The van der Waals surface area contributed by atoms with E-state index in [0.29, 0.717) is 5.75 Å². The van der Waals surface area contributed by atoms with Gasteiger partial charge in [-0.2, -0.15) is 5.26 Å². The van der Waals surface area contributed by atoms with Gasteiger partial charge in [-0.3, -0.25) is 4.79 Å². The number of amides is 1. The first-order valence-corrected chi connectivity index (χ1v) is 7.95. The van der Waals surface area contributed by atoms with Gasteiger partial charge in [-0.15, -0.1) is 11.8 Å². The summed E-state index contributed by atoms with van der Waals surface area (Å²) in [6.07, 6.45) is 3.61. The van der Waals surface area contributed by atoms with E-state index in [1.165, 1.54) is 22.9 Å². The summed E-state index contributed by atoms with van der Waals surface area (Å²) in [4.78, 5) is 13.2. The fraction of sp³-hybridized carbons (Fsp3) is 0.500. The second-order valence-electron chi connectivity index (χ2n) is 5.51. The highest BCUT2D eigenvalue weighted by atomic mass is 32.2. The average Bonchev–Trinajstić information content (AvgIpc) is 2.87. The summed E-state index contributed by atoms with van der Waals surface area (Å²) in [5.74, 6) is 0.325. The van der Waals surface area contributed by atoms with Crippen molar-refractivity contribution in [1.29, 1.82) is 5.26 Å². The van der Waals surface area contributed by atoms with Gasteiger partial charge < -0.3 is 5.32 Å². The van der Waals surface area contributed by atoms with Gasteiger partial charge in [0.25, 0.3) is 0 Å². The first-order chi connectivity index (χ1) is 9.54. The van der Waals surface area contributed by atoms with Crippen molar-refractivity contribution in [3.05, 3.63) is 29.3 Å². The Morgan fingerprint density at radius 2 is 2.10 bits per heavy atom. The monoisotopic (exact) mass is 288 g/mol. The van der Waals surface area contributed by atoms with Gasteiger partial charge in [0.2, 0.25) is 5.91 Å².